The summed E-state index contributed by atoms with van der Waals surface area (Å²) in [6.07, 6.45) is 1.86. The molecule has 3 aromatic carbocycles. The maximum Gasteiger partial charge on any atom is 0.185 e. The molecule has 5 rings (SSSR count). The van der Waals surface area contributed by atoms with Crippen LogP contribution in [0.2, 0.25) is 0 Å². The molecule has 31 heavy (non-hydrogen) atoms. The Bertz CT molecular complexity index is 1170. The summed E-state index contributed by atoms with van der Waals surface area (Å²) in [4.78, 5) is 4.51. The third-order valence-electron chi connectivity index (χ3n) is 5.73. The van der Waals surface area contributed by atoms with Gasteiger partial charge in [-0.05, 0) is 35.4 Å². The fourth-order valence-electron chi connectivity index (χ4n) is 4.11. The van der Waals surface area contributed by atoms with Gasteiger partial charge >= 0.3 is 0 Å². The van der Waals surface area contributed by atoms with Crippen molar-refractivity contribution in [2.24, 2.45) is 0 Å². The highest BCUT2D eigenvalue weighted by atomic mass is 16.7. The Labute approximate surface area is 180 Å². The van der Waals surface area contributed by atoms with Crippen LogP contribution in [0.1, 0.15) is 35.5 Å². The van der Waals surface area contributed by atoms with Gasteiger partial charge in [0.05, 0.1) is 42.7 Å². The summed E-state index contributed by atoms with van der Waals surface area (Å²) in [6, 6.07) is 23.6. The van der Waals surface area contributed by atoms with E-state index in [9.17, 15) is 5.11 Å². The van der Waals surface area contributed by atoms with Crippen LogP contribution in [0.5, 0.6) is 0 Å². The van der Waals surface area contributed by atoms with Crippen LogP contribution in [0.25, 0.3) is 11.0 Å². The van der Waals surface area contributed by atoms with E-state index in [-0.39, 0.29) is 18.8 Å². The highest BCUT2D eigenvalue weighted by Gasteiger charge is 2.32. The number of aliphatic hydroxyl groups excluding tert-OH is 1. The predicted octanol–water partition coefficient (Wildman–Crippen LogP) is 4.36. The molecule has 4 aromatic rings. The van der Waals surface area contributed by atoms with Gasteiger partial charge in [-0.2, -0.15) is 0 Å². The molecule has 1 saturated heterocycles. The second-order valence-electron chi connectivity index (χ2n) is 7.91. The summed E-state index contributed by atoms with van der Waals surface area (Å²) >= 11 is 0. The first kappa shape index (κ1) is 19.8. The lowest BCUT2D eigenvalue weighted by Crippen LogP contribution is -2.32. The molecule has 1 fully saturated rings. The zero-order chi connectivity index (χ0) is 21.2. The molecule has 0 radical (unpaired) electrons. The van der Waals surface area contributed by atoms with E-state index in [1.807, 2.05) is 73.1 Å². The van der Waals surface area contributed by atoms with E-state index in [0.29, 0.717) is 18.7 Å². The van der Waals surface area contributed by atoms with Crippen molar-refractivity contribution >= 4 is 16.7 Å². The van der Waals surface area contributed by atoms with E-state index in [2.05, 4.69) is 15.6 Å². The van der Waals surface area contributed by atoms with Crippen LogP contribution in [0.4, 0.5) is 5.69 Å². The van der Waals surface area contributed by atoms with Gasteiger partial charge in [-0.3, -0.25) is 0 Å². The minimum atomic E-state index is -0.514. The van der Waals surface area contributed by atoms with Gasteiger partial charge in [-0.15, -0.1) is 0 Å². The minimum Gasteiger partial charge on any atom is -0.399 e. The summed E-state index contributed by atoms with van der Waals surface area (Å²) in [5.41, 5.74) is 11.6. The molecule has 3 atom stereocenters. The number of anilines is 1. The molecular formula is C25H25N3O3. The van der Waals surface area contributed by atoms with Crippen LogP contribution in [-0.2, 0) is 22.6 Å². The number of aliphatic hydroxyl groups is 1. The first-order chi connectivity index (χ1) is 15.2. The van der Waals surface area contributed by atoms with Gasteiger partial charge in [-0.25, -0.2) is 4.98 Å². The number of nitrogens with zero attached hydrogens (tertiary/aromatic N) is 2. The molecule has 1 aromatic heterocycles. The molecule has 0 bridgehead atoms. The summed E-state index contributed by atoms with van der Waals surface area (Å²) < 4.78 is 14.9. The largest absolute Gasteiger partial charge is 0.399 e. The number of ether oxygens (including phenoxy) is 2. The summed E-state index contributed by atoms with van der Waals surface area (Å²) in [5, 5.41) is 9.36. The van der Waals surface area contributed by atoms with Crippen molar-refractivity contribution in [1.82, 2.24) is 9.55 Å². The van der Waals surface area contributed by atoms with E-state index < -0.39 is 6.29 Å². The standard InChI is InChI=1S/C25H25N3O3/c26-20-5-3-4-19(12-20)25-30-21(14-28-16-27-22-6-1-2-7-23(22)28)13-24(31-25)18-10-8-17(15-29)9-11-18/h1-12,16,21,24-25,29H,13-15,26H2/t21-,24+,25+/m0/s1. The number of hydrogen-bond acceptors (Lipinski definition) is 5. The Balaban J connectivity index is 1.44. The van der Waals surface area contributed by atoms with E-state index in [1.54, 1.807) is 0 Å². The lowest BCUT2D eigenvalue weighted by Gasteiger charge is -2.36. The molecule has 0 unspecified atom stereocenters. The number of aromatic nitrogens is 2. The lowest BCUT2D eigenvalue weighted by molar-refractivity contribution is -0.252. The van der Waals surface area contributed by atoms with Gasteiger partial charge in [0.15, 0.2) is 6.29 Å². The second-order valence-corrected chi connectivity index (χ2v) is 7.91. The quantitative estimate of drug-likeness (QED) is 0.474. The maximum atomic E-state index is 9.36. The number of imidazole rings is 1. The normalized spacial score (nSPS) is 21.4. The second kappa shape index (κ2) is 8.51. The van der Waals surface area contributed by atoms with Crippen molar-refractivity contribution in [2.75, 3.05) is 5.73 Å². The molecule has 0 saturated carbocycles. The topological polar surface area (TPSA) is 82.5 Å². The molecular weight excluding hydrogens is 390 g/mol. The number of fused-ring (bicyclic) bond motifs is 1. The number of nitrogen functional groups attached to an aromatic ring is 1. The number of benzene rings is 3. The smallest absolute Gasteiger partial charge is 0.185 e. The lowest BCUT2D eigenvalue weighted by atomic mass is 10.00. The van der Waals surface area contributed by atoms with E-state index in [0.717, 1.165) is 27.7 Å². The molecule has 6 nitrogen and oxygen atoms in total. The number of hydrogen-bond donors (Lipinski definition) is 2. The molecule has 158 valence electrons. The van der Waals surface area contributed by atoms with Gasteiger partial charge in [0.2, 0.25) is 0 Å². The van der Waals surface area contributed by atoms with Crippen molar-refractivity contribution in [3.05, 3.63) is 95.8 Å². The summed E-state index contributed by atoms with van der Waals surface area (Å²) in [7, 11) is 0. The third-order valence-corrected chi connectivity index (χ3v) is 5.73. The van der Waals surface area contributed by atoms with Crippen LogP contribution in [0.15, 0.2) is 79.1 Å². The van der Waals surface area contributed by atoms with Crippen molar-refractivity contribution in [1.29, 1.82) is 0 Å². The van der Waals surface area contributed by atoms with E-state index in [4.69, 9.17) is 15.2 Å². The Morgan fingerprint density at radius 1 is 0.968 bits per heavy atom. The van der Waals surface area contributed by atoms with Crippen molar-refractivity contribution in [2.45, 2.75) is 38.1 Å². The van der Waals surface area contributed by atoms with Gasteiger partial charge in [0.1, 0.15) is 0 Å². The molecule has 0 aliphatic carbocycles. The zero-order valence-corrected chi connectivity index (χ0v) is 17.1. The van der Waals surface area contributed by atoms with Crippen LogP contribution in [0, 0.1) is 0 Å². The molecule has 1 aliphatic heterocycles. The van der Waals surface area contributed by atoms with Crippen LogP contribution < -0.4 is 5.73 Å². The minimum absolute atomic E-state index is 0.0250. The Morgan fingerprint density at radius 3 is 2.61 bits per heavy atom. The Kier molecular flexibility index (Phi) is 5.42. The maximum absolute atomic E-state index is 9.36. The Hall–Kier alpha value is -3.19. The highest BCUT2D eigenvalue weighted by Crippen LogP contribution is 2.38. The zero-order valence-electron chi connectivity index (χ0n) is 17.1. The molecule has 0 spiro atoms. The average Bonchev–Trinajstić information content (AvgIpc) is 3.22. The fourth-order valence-corrected chi connectivity index (χ4v) is 4.11. The van der Waals surface area contributed by atoms with Gasteiger partial charge < -0.3 is 24.9 Å². The summed E-state index contributed by atoms with van der Waals surface area (Å²) in [6.45, 7) is 0.699. The molecule has 2 heterocycles. The Morgan fingerprint density at radius 2 is 1.81 bits per heavy atom. The van der Waals surface area contributed by atoms with Crippen molar-refractivity contribution in [3.8, 4) is 0 Å². The average molecular weight is 415 g/mol. The van der Waals surface area contributed by atoms with Gasteiger partial charge in [-0.1, -0.05) is 48.5 Å². The van der Waals surface area contributed by atoms with Crippen molar-refractivity contribution < 1.29 is 14.6 Å². The number of rotatable bonds is 5. The fraction of sp³-hybridized carbons (Fsp3) is 0.240. The van der Waals surface area contributed by atoms with Crippen molar-refractivity contribution in [3.63, 3.8) is 0 Å². The third kappa shape index (κ3) is 4.18. The molecule has 1 aliphatic rings. The molecule has 0 amide bonds. The predicted molar refractivity (Wildman–Crippen MR) is 119 cm³/mol. The van der Waals surface area contributed by atoms with E-state index >= 15 is 0 Å². The van der Waals surface area contributed by atoms with Gasteiger partial charge in [0, 0.05) is 17.7 Å². The summed E-state index contributed by atoms with van der Waals surface area (Å²) in [5.74, 6) is 0. The first-order valence-electron chi connectivity index (χ1n) is 10.5. The van der Waals surface area contributed by atoms with Gasteiger partial charge in [0.25, 0.3) is 0 Å². The van der Waals surface area contributed by atoms with E-state index in [1.165, 1.54) is 0 Å². The number of nitrogens with two attached hydrogens (primary N) is 1. The monoisotopic (exact) mass is 415 g/mol. The van der Waals surface area contributed by atoms with Crippen LogP contribution >= 0.6 is 0 Å². The first-order valence-corrected chi connectivity index (χ1v) is 10.5. The number of para-hydroxylation sites is 2. The molecule has 3 N–H and O–H groups in total. The van der Waals surface area contributed by atoms with Crippen LogP contribution in [-0.4, -0.2) is 20.8 Å². The SMILES string of the molecule is Nc1cccc([C@@H]2O[C@H](Cn3cnc4ccccc43)C[C@H](c3ccc(CO)cc3)O2)c1. The van der Waals surface area contributed by atoms with Crippen LogP contribution in [0.3, 0.4) is 0 Å². The molecule has 6 heteroatoms. The highest BCUT2D eigenvalue weighted by molar-refractivity contribution is 5.74.